The maximum absolute atomic E-state index is 13.0. The number of rotatable bonds is 68. The number of hydrogen-bond donors (Lipinski definition) is 0. The quantitative estimate of drug-likeness (QED) is 0.0261. The van der Waals surface area contributed by atoms with Gasteiger partial charge in [0.05, 0.1) is 0 Å². The highest BCUT2D eigenvalue weighted by molar-refractivity contribution is 5.71. The number of allylic oxidation sites excluding steroid dienone is 10. The summed E-state index contributed by atoms with van der Waals surface area (Å²) in [4.78, 5) is 38.5. The summed E-state index contributed by atoms with van der Waals surface area (Å²) >= 11 is 0. The van der Waals surface area contributed by atoms with Gasteiger partial charge in [0, 0.05) is 19.3 Å². The van der Waals surface area contributed by atoms with Crippen LogP contribution in [0.15, 0.2) is 60.8 Å². The van der Waals surface area contributed by atoms with Crippen molar-refractivity contribution in [3.05, 3.63) is 60.8 Å². The minimum Gasteiger partial charge on any atom is -0.462 e. The topological polar surface area (TPSA) is 78.9 Å². The predicted molar refractivity (Wildman–Crippen MR) is 362 cm³/mol. The molecule has 0 N–H and O–H groups in total. The number of unbranched alkanes of at least 4 members (excludes halogenated alkanes) is 47. The van der Waals surface area contributed by atoms with Gasteiger partial charge in [-0.25, -0.2) is 0 Å². The Morgan fingerprint density at radius 3 is 0.735 bits per heavy atom. The Hall–Kier alpha value is -2.89. The van der Waals surface area contributed by atoms with Crippen molar-refractivity contribution in [3.8, 4) is 0 Å². The van der Waals surface area contributed by atoms with E-state index < -0.39 is 6.10 Å². The number of carbonyl (C=O) groups is 3. The van der Waals surface area contributed by atoms with Gasteiger partial charge in [0.1, 0.15) is 13.2 Å². The number of hydrogen-bond acceptors (Lipinski definition) is 6. The lowest BCUT2D eigenvalue weighted by Gasteiger charge is -2.18. The van der Waals surface area contributed by atoms with Crippen LogP contribution in [0.4, 0.5) is 0 Å². The van der Waals surface area contributed by atoms with Crippen molar-refractivity contribution in [1.29, 1.82) is 0 Å². The van der Waals surface area contributed by atoms with Crippen LogP contribution < -0.4 is 0 Å². The Bertz CT molecular complexity index is 1470. The lowest BCUT2D eigenvalue weighted by molar-refractivity contribution is -0.167. The van der Waals surface area contributed by atoms with Crippen LogP contribution in [0.5, 0.6) is 0 Å². The minimum atomic E-state index is -0.783. The van der Waals surface area contributed by atoms with Crippen molar-refractivity contribution in [3.63, 3.8) is 0 Å². The zero-order valence-corrected chi connectivity index (χ0v) is 55.7. The van der Waals surface area contributed by atoms with Crippen LogP contribution in [0, 0.1) is 0 Å². The lowest BCUT2D eigenvalue weighted by Crippen LogP contribution is -2.30. The Kier molecular flexibility index (Phi) is 69.1. The Labute approximate surface area is 517 Å². The highest BCUT2D eigenvalue weighted by atomic mass is 16.6. The van der Waals surface area contributed by atoms with Gasteiger partial charge in [-0.15, -0.1) is 0 Å². The zero-order chi connectivity index (χ0) is 59.9. The van der Waals surface area contributed by atoms with Crippen molar-refractivity contribution >= 4 is 17.9 Å². The number of ether oxygens (including phenoxy) is 3. The van der Waals surface area contributed by atoms with E-state index in [1.165, 1.54) is 250 Å². The SMILES string of the molecule is CC/C=C\C/C=C\C/C=C\CCCCCCCC(=O)OCC(COC(=O)CCCCCCCCCCCCCCCCCCCCCCCCCCCCC)OC(=O)CCCCCCCCCCCCC/C=C\C/C=C\CCCCCCC. The third kappa shape index (κ3) is 69.8. The van der Waals surface area contributed by atoms with E-state index in [4.69, 9.17) is 14.2 Å². The normalized spacial score (nSPS) is 12.4. The minimum absolute atomic E-state index is 0.0767. The van der Waals surface area contributed by atoms with Gasteiger partial charge in [0.15, 0.2) is 6.10 Å². The first-order chi connectivity index (χ1) is 41.0. The standard InChI is InChI=1S/C77H140O6/c1-4-7-10-13-16-19-22-25-28-30-32-34-36-37-38-39-41-42-44-46-49-52-55-58-61-64-67-70-76(79)82-73-74(72-81-75(78)69-66-63-60-57-54-51-48-27-24-21-18-15-12-9-6-3)83-77(80)71-68-65-62-59-56-53-50-47-45-43-40-35-33-31-29-26-23-20-17-14-11-8-5-2/h9,12,18,21,23,26-27,31,33,48,74H,4-8,10-11,13-17,19-20,22,24-25,28-30,32,34-47,49-73H2,1-3H3/b12-9-,21-18-,26-23-,33-31-,48-27-. The van der Waals surface area contributed by atoms with Crippen molar-refractivity contribution in [2.75, 3.05) is 13.2 Å². The van der Waals surface area contributed by atoms with Crippen molar-refractivity contribution in [2.24, 2.45) is 0 Å². The van der Waals surface area contributed by atoms with Gasteiger partial charge in [-0.1, -0.05) is 351 Å². The Balaban J connectivity index is 4.26. The molecule has 0 aliphatic carbocycles. The molecular formula is C77H140O6. The predicted octanol–water partition coefficient (Wildman–Crippen LogP) is 25.5. The largest absolute Gasteiger partial charge is 0.462 e. The van der Waals surface area contributed by atoms with Crippen LogP contribution in [0.1, 0.15) is 393 Å². The van der Waals surface area contributed by atoms with E-state index in [1.54, 1.807) is 0 Å². The molecule has 0 aromatic rings. The first-order valence-electron chi connectivity index (χ1n) is 36.8. The van der Waals surface area contributed by atoms with Crippen molar-refractivity contribution in [2.45, 2.75) is 399 Å². The summed E-state index contributed by atoms with van der Waals surface area (Å²) in [7, 11) is 0. The maximum atomic E-state index is 13.0. The van der Waals surface area contributed by atoms with E-state index in [0.29, 0.717) is 19.3 Å². The number of carbonyl (C=O) groups excluding carboxylic acids is 3. The second kappa shape index (κ2) is 71.6. The zero-order valence-electron chi connectivity index (χ0n) is 55.7. The molecule has 0 radical (unpaired) electrons. The first kappa shape index (κ1) is 80.1. The van der Waals surface area contributed by atoms with Crippen molar-refractivity contribution in [1.82, 2.24) is 0 Å². The summed E-state index contributed by atoms with van der Waals surface area (Å²) in [6.45, 7) is 6.57. The van der Waals surface area contributed by atoms with E-state index in [2.05, 4.69) is 81.5 Å². The molecule has 6 heteroatoms. The molecule has 0 aromatic carbocycles. The molecule has 0 saturated carbocycles. The van der Waals surface area contributed by atoms with Crippen LogP contribution >= 0.6 is 0 Å². The molecule has 484 valence electrons. The summed E-state index contributed by atoms with van der Waals surface area (Å²) < 4.78 is 17.0. The van der Waals surface area contributed by atoms with Crippen LogP contribution in [0.2, 0.25) is 0 Å². The van der Waals surface area contributed by atoms with E-state index in [1.807, 2.05) is 0 Å². The molecule has 1 unspecified atom stereocenters. The fraction of sp³-hybridized carbons (Fsp3) is 0.831. The first-order valence-corrected chi connectivity index (χ1v) is 36.8. The molecule has 6 nitrogen and oxygen atoms in total. The van der Waals surface area contributed by atoms with Crippen LogP contribution in [-0.4, -0.2) is 37.2 Å². The van der Waals surface area contributed by atoms with Crippen LogP contribution in [0.3, 0.4) is 0 Å². The molecule has 0 spiro atoms. The van der Waals surface area contributed by atoms with Gasteiger partial charge < -0.3 is 14.2 Å². The van der Waals surface area contributed by atoms with Gasteiger partial charge in [0.25, 0.3) is 0 Å². The summed E-state index contributed by atoms with van der Waals surface area (Å²) in [6, 6.07) is 0. The fourth-order valence-corrected chi connectivity index (χ4v) is 11.0. The van der Waals surface area contributed by atoms with Gasteiger partial charge in [-0.2, -0.15) is 0 Å². The average molecular weight is 1160 g/mol. The number of esters is 3. The Morgan fingerprint density at radius 2 is 0.470 bits per heavy atom. The summed E-state index contributed by atoms with van der Waals surface area (Å²) in [6.07, 6.45) is 92.6. The molecule has 0 bridgehead atoms. The van der Waals surface area contributed by atoms with Crippen molar-refractivity contribution < 1.29 is 28.6 Å². The molecular weight excluding hydrogens is 1020 g/mol. The third-order valence-electron chi connectivity index (χ3n) is 16.5. The molecule has 0 saturated heterocycles. The molecule has 0 aliphatic rings. The van der Waals surface area contributed by atoms with E-state index in [0.717, 1.165) is 103 Å². The van der Waals surface area contributed by atoms with Crippen LogP contribution in [-0.2, 0) is 28.6 Å². The Morgan fingerprint density at radius 1 is 0.253 bits per heavy atom. The lowest BCUT2D eigenvalue weighted by atomic mass is 10.0. The monoisotopic (exact) mass is 1160 g/mol. The second-order valence-electron chi connectivity index (χ2n) is 24.8. The van der Waals surface area contributed by atoms with Gasteiger partial charge in [0.2, 0.25) is 0 Å². The summed E-state index contributed by atoms with van der Waals surface area (Å²) in [5, 5.41) is 0. The third-order valence-corrected chi connectivity index (χ3v) is 16.5. The second-order valence-corrected chi connectivity index (χ2v) is 24.8. The van der Waals surface area contributed by atoms with E-state index in [-0.39, 0.29) is 31.1 Å². The average Bonchev–Trinajstić information content (AvgIpc) is 3.49. The smallest absolute Gasteiger partial charge is 0.306 e. The van der Waals surface area contributed by atoms with Gasteiger partial charge >= 0.3 is 17.9 Å². The summed E-state index contributed by atoms with van der Waals surface area (Å²) in [5.41, 5.74) is 0. The van der Waals surface area contributed by atoms with Gasteiger partial charge in [-0.3, -0.25) is 14.4 Å². The maximum Gasteiger partial charge on any atom is 0.306 e. The molecule has 0 aromatic heterocycles. The van der Waals surface area contributed by atoms with Crippen LogP contribution in [0.25, 0.3) is 0 Å². The molecule has 83 heavy (non-hydrogen) atoms. The summed E-state index contributed by atoms with van der Waals surface area (Å²) in [5.74, 6) is -0.871. The molecule has 0 aliphatic heterocycles. The fourth-order valence-electron chi connectivity index (χ4n) is 11.0. The van der Waals surface area contributed by atoms with Gasteiger partial charge in [-0.05, 0) is 83.5 Å². The van der Waals surface area contributed by atoms with E-state index >= 15 is 0 Å². The highest BCUT2D eigenvalue weighted by Crippen LogP contribution is 2.19. The molecule has 1 atom stereocenters. The molecule has 0 heterocycles. The van der Waals surface area contributed by atoms with E-state index in [9.17, 15) is 14.4 Å². The molecule has 0 rings (SSSR count). The molecule has 0 amide bonds. The highest BCUT2D eigenvalue weighted by Gasteiger charge is 2.19. The molecule has 0 fully saturated rings.